The molecule has 1 aromatic heterocycles. The highest BCUT2D eigenvalue weighted by Gasteiger charge is 2.02. The van der Waals surface area contributed by atoms with Crippen LogP contribution in [-0.4, -0.2) is 0 Å². The van der Waals surface area contributed by atoms with Gasteiger partial charge in [-0.2, -0.15) is 0 Å². The summed E-state index contributed by atoms with van der Waals surface area (Å²) in [5.41, 5.74) is 1.56. The molecule has 0 saturated carbocycles. The summed E-state index contributed by atoms with van der Waals surface area (Å²) in [6.07, 6.45) is 3.21. The van der Waals surface area contributed by atoms with Gasteiger partial charge in [0.25, 0.3) is 0 Å². The van der Waals surface area contributed by atoms with Crippen LogP contribution in [0, 0.1) is 5.82 Å². The average Bonchev–Trinajstić information content (AvgIpc) is 2.72. The highest BCUT2D eigenvalue weighted by molar-refractivity contribution is 6.33. The number of hydrogen-bond acceptors (Lipinski definition) is 2. The Bertz CT molecular complexity index is 442. The van der Waals surface area contributed by atoms with E-state index in [9.17, 15) is 4.39 Å². The lowest BCUT2D eigenvalue weighted by molar-refractivity contribution is 0.564. The first-order chi connectivity index (χ1) is 7.25. The number of halogens is 2. The second-order valence-corrected chi connectivity index (χ2v) is 3.52. The summed E-state index contributed by atoms with van der Waals surface area (Å²) in [5.74, 6) is -0.311. The van der Waals surface area contributed by atoms with E-state index in [1.165, 1.54) is 18.2 Å². The van der Waals surface area contributed by atoms with Gasteiger partial charge in [0.1, 0.15) is 5.82 Å². The molecule has 4 heteroatoms. The molecule has 2 rings (SSSR count). The largest absolute Gasteiger partial charge is 0.472 e. The zero-order valence-electron chi connectivity index (χ0n) is 7.84. The van der Waals surface area contributed by atoms with Gasteiger partial charge in [-0.25, -0.2) is 4.39 Å². The summed E-state index contributed by atoms with van der Waals surface area (Å²) in [6, 6.07) is 6.04. The maximum absolute atomic E-state index is 12.9. The van der Waals surface area contributed by atoms with Gasteiger partial charge in [0.2, 0.25) is 0 Å². The van der Waals surface area contributed by atoms with Gasteiger partial charge in [-0.15, -0.1) is 0 Å². The molecule has 1 aromatic carbocycles. The van der Waals surface area contributed by atoms with Crippen LogP contribution in [0.25, 0.3) is 0 Å². The second-order valence-electron chi connectivity index (χ2n) is 3.11. The van der Waals surface area contributed by atoms with Crippen molar-refractivity contribution in [3.8, 4) is 0 Å². The van der Waals surface area contributed by atoms with Gasteiger partial charge in [-0.1, -0.05) is 11.6 Å². The van der Waals surface area contributed by atoms with Crippen molar-refractivity contribution in [3.63, 3.8) is 0 Å². The summed E-state index contributed by atoms with van der Waals surface area (Å²) >= 11 is 5.88. The highest BCUT2D eigenvalue weighted by Crippen LogP contribution is 2.22. The lowest BCUT2D eigenvalue weighted by Crippen LogP contribution is -1.99. The normalized spacial score (nSPS) is 10.3. The van der Waals surface area contributed by atoms with Crippen molar-refractivity contribution in [3.05, 3.63) is 53.2 Å². The number of hydrogen-bond donors (Lipinski definition) is 1. The SMILES string of the molecule is Fc1ccc(Cl)c(NCc2ccoc2)c1. The van der Waals surface area contributed by atoms with Gasteiger partial charge in [0.05, 0.1) is 23.2 Å². The van der Waals surface area contributed by atoms with E-state index in [0.29, 0.717) is 17.3 Å². The molecule has 0 radical (unpaired) electrons. The van der Waals surface area contributed by atoms with Crippen molar-refractivity contribution in [2.75, 3.05) is 5.32 Å². The number of nitrogens with one attached hydrogen (secondary N) is 1. The maximum Gasteiger partial charge on any atom is 0.125 e. The van der Waals surface area contributed by atoms with E-state index in [-0.39, 0.29) is 5.82 Å². The predicted octanol–water partition coefficient (Wildman–Crippen LogP) is 3.68. The third kappa shape index (κ3) is 2.50. The van der Waals surface area contributed by atoms with E-state index in [1.807, 2.05) is 6.07 Å². The molecule has 0 atom stereocenters. The van der Waals surface area contributed by atoms with E-state index < -0.39 is 0 Å². The molecule has 0 fully saturated rings. The molecule has 2 nitrogen and oxygen atoms in total. The summed E-state index contributed by atoms with van der Waals surface area (Å²) in [7, 11) is 0. The lowest BCUT2D eigenvalue weighted by atomic mass is 10.3. The fourth-order valence-electron chi connectivity index (χ4n) is 1.22. The molecule has 78 valence electrons. The first kappa shape index (κ1) is 10.1. The van der Waals surface area contributed by atoms with Crippen molar-refractivity contribution >= 4 is 17.3 Å². The van der Waals surface area contributed by atoms with Crippen LogP contribution in [0.15, 0.2) is 41.2 Å². The van der Waals surface area contributed by atoms with Crippen molar-refractivity contribution in [2.24, 2.45) is 0 Å². The van der Waals surface area contributed by atoms with Gasteiger partial charge in [0, 0.05) is 12.1 Å². The minimum absolute atomic E-state index is 0.311. The van der Waals surface area contributed by atoms with Crippen molar-refractivity contribution in [1.29, 1.82) is 0 Å². The smallest absolute Gasteiger partial charge is 0.125 e. The molecule has 0 aliphatic carbocycles. The monoisotopic (exact) mass is 225 g/mol. The van der Waals surface area contributed by atoms with Crippen LogP contribution in [0.3, 0.4) is 0 Å². The summed E-state index contributed by atoms with van der Waals surface area (Å²) in [6.45, 7) is 0.555. The van der Waals surface area contributed by atoms with Crippen LogP contribution in [0.2, 0.25) is 5.02 Å². The molecule has 0 saturated heterocycles. The molecule has 0 aliphatic heterocycles. The summed E-state index contributed by atoms with van der Waals surface area (Å²) in [5, 5.41) is 3.52. The number of benzene rings is 1. The highest BCUT2D eigenvalue weighted by atomic mass is 35.5. The molecular weight excluding hydrogens is 217 g/mol. The molecule has 0 unspecified atom stereocenters. The van der Waals surface area contributed by atoms with Crippen LogP contribution >= 0.6 is 11.6 Å². The van der Waals surface area contributed by atoms with Gasteiger partial charge in [-0.3, -0.25) is 0 Å². The third-order valence-electron chi connectivity index (χ3n) is 1.99. The van der Waals surface area contributed by atoms with E-state index in [0.717, 1.165) is 5.56 Å². The molecular formula is C11H9ClFNO. The zero-order chi connectivity index (χ0) is 10.7. The molecule has 1 heterocycles. The van der Waals surface area contributed by atoms with Crippen LogP contribution in [0.4, 0.5) is 10.1 Å². The molecule has 0 aliphatic rings. The standard InChI is InChI=1S/C11H9ClFNO/c12-10-2-1-9(13)5-11(10)14-6-8-3-4-15-7-8/h1-5,7,14H,6H2. The van der Waals surface area contributed by atoms with Crippen LogP contribution in [-0.2, 0) is 6.54 Å². The van der Waals surface area contributed by atoms with Crippen molar-refractivity contribution in [2.45, 2.75) is 6.54 Å². The minimum atomic E-state index is -0.311. The molecule has 0 spiro atoms. The van der Waals surface area contributed by atoms with E-state index in [4.69, 9.17) is 16.0 Å². The Kier molecular flexibility index (Phi) is 2.92. The Balaban J connectivity index is 2.07. The summed E-state index contributed by atoms with van der Waals surface area (Å²) < 4.78 is 17.8. The average molecular weight is 226 g/mol. The van der Waals surface area contributed by atoms with Crippen molar-refractivity contribution < 1.29 is 8.81 Å². The zero-order valence-corrected chi connectivity index (χ0v) is 8.59. The fraction of sp³-hybridized carbons (Fsp3) is 0.0909. The molecule has 0 bridgehead atoms. The van der Waals surface area contributed by atoms with Crippen LogP contribution < -0.4 is 5.32 Å². The topological polar surface area (TPSA) is 25.2 Å². The van der Waals surface area contributed by atoms with Gasteiger partial charge in [0.15, 0.2) is 0 Å². The van der Waals surface area contributed by atoms with Crippen molar-refractivity contribution in [1.82, 2.24) is 0 Å². The molecule has 15 heavy (non-hydrogen) atoms. The Morgan fingerprint density at radius 3 is 2.93 bits per heavy atom. The first-order valence-electron chi connectivity index (χ1n) is 4.46. The molecule has 0 amide bonds. The minimum Gasteiger partial charge on any atom is -0.472 e. The first-order valence-corrected chi connectivity index (χ1v) is 4.83. The maximum atomic E-state index is 12.9. The van der Waals surface area contributed by atoms with Crippen LogP contribution in [0.1, 0.15) is 5.56 Å². The lowest BCUT2D eigenvalue weighted by Gasteiger charge is -2.06. The van der Waals surface area contributed by atoms with Gasteiger partial charge in [-0.05, 0) is 24.3 Å². The Hall–Kier alpha value is -1.48. The van der Waals surface area contributed by atoms with Gasteiger partial charge >= 0.3 is 0 Å². The quantitative estimate of drug-likeness (QED) is 0.862. The van der Waals surface area contributed by atoms with E-state index in [1.54, 1.807) is 12.5 Å². The Morgan fingerprint density at radius 1 is 1.33 bits per heavy atom. The molecule has 1 N–H and O–H groups in total. The van der Waals surface area contributed by atoms with Crippen LogP contribution in [0.5, 0.6) is 0 Å². The van der Waals surface area contributed by atoms with Gasteiger partial charge < -0.3 is 9.73 Å². The third-order valence-corrected chi connectivity index (χ3v) is 2.32. The van der Waals surface area contributed by atoms with E-state index in [2.05, 4.69) is 5.32 Å². The molecule has 2 aromatic rings. The predicted molar refractivity (Wildman–Crippen MR) is 57.4 cm³/mol. The number of furan rings is 1. The number of anilines is 1. The number of rotatable bonds is 3. The fourth-order valence-corrected chi connectivity index (χ4v) is 1.41. The Morgan fingerprint density at radius 2 is 2.20 bits per heavy atom. The summed E-state index contributed by atoms with van der Waals surface area (Å²) in [4.78, 5) is 0. The Labute approximate surface area is 91.7 Å². The van der Waals surface area contributed by atoms with E-state index >= 15 is 0 Å². The second kappa shape index (κ2) is 4.36.